The standard InChI is InChI=1S/C9H5Cl2N/c10-7-3-1-2-6-4-5-12-9(11)8(6)7/h1-5H. The van der Waals surface area contributed by atoms with Gasteiger partial charge in [0.25, 0.3) is 0 Å². The molecule has 0 aliphatic carbocycles. The van der Waals surface area contributed by atoms with Crippen LogP contribution in [0.2, 0.25) is 10.2 Å². The first-order chi connectivity index (χ1) is 5.79. The molecule has 60 valence electrons. The van der Waals surface area contributed by atoms with Crippen molar-refractivity contribution in [3.05, 3.63) is 40.6 Å². The van der Waals surface area contributed by atoms with Crippen LogP contribution in [-0.2, 0) is 0 Å². The molecule has 0 radical (unpaired) electrons. The summed E-state index contributed by atoms with van der Waals surface area (Å²) in [6.07, 6.45) is 1.67. The van der Waals surface area contributed by atoms with Gasteiger partial charge in [0.15, 0.2) is 0 Å². The molecule has 0 aliphatic rings. The lowest BCUT2D eigenvalue weighted by atomic mass is 10.2. The number of benzene rings is 1. The minimum atomic E-state index is 0.457. The number of halogens is 2. The molecule has 2 aromatic rings. The summed E-state index contributed by atoms with van der Waals surface area (Å²) in [6, 6.07) is 7.53. The lowest BCUT2D eigenvalue weighted by Gasteiger charge is -2.00. The predicted octanol–water partition coefficient (Wildman–Crippen LogP) is 3.54. The summed E-state index contributed by atoms with van der Waals surface area (Å²) < 4.78 is 0. The molecule has 0 unspecified atom stereocenters. The van der Waals surface area contributed by atoms with Crippen molar-refractivity contribution in [2.75, 3.05) is 0 Å². The van der Waals surface area contributed by atoms with Gasteiger partial charge < -0.3 is 0 Å². The Bertz CT molecular complexity index is 389. The molecule has 0 aliphatic heterocycles. The summed E-state index contributed by atoms with van der Waals surface area (Å²) in [5, 5.41) is 2.94. The topological polar surface area (TPSA) is 12.9 Å². The van der Waals surface area contributed by atoms with Crippen molar-refractivity contribution in [3.63, 3.8) is 0 Å². The van der Waals surface area contributed by atoms with Crippen molar-refractivity contribution >= 4 is 34.0 Å². The monoisotopic (exact) mass is 197 g/mol. The van der Waals surface area contributed by atoms with E-state index < -0.39 is 0 Å². The Labute approximate surface area is 79.9 Å². The van der Waals surface area contributed by atoms with Crippen LogP contribution in [0.3, 0.4) is 0 Å². The van der Waals surface area contributed by atoms with E-state index in [0.29, 0.717) is 10.2 Å². The fourth-order valence-corrected chi connectivity index (χ4v) is 1.73. The largest absolute Gasteiger partial charge is 0.244 e. The lowest BCUT2D eigenvalue weighted by Crippen LogP contribution is -1.78. The molecule has 2 rings (SSSR count). The van der Waals surface area contributed by atoms with Gasteiger partial charge in [0, 0.05) is 11.6 Å². The van der Waals surface area contributed by atoms with Crippen molar-refractivity contribution in [1.82, 2.24) is 4.98 Å². The molecule has 12 heavy (non-hydrogen) atoms. The quantitative estimate of drug-likeness (QED) is 0.590. The lowest BCUT2D eigenvalue weighted by molar-refractivity contribution is 1.36. The molecule has 3 heteroatoms. The minimum absolute atomic E-state index is 0.457. The van der Waals surface area contributed by atoms with Gasteiger partial charge in [-0.15, -0.1) is 0 Å². The Balaban J connectivity index is 2.96. The number of hydrogen-bond acceptors (Lipinski definition) is 1. The van der Waals surface area contributed by atoms with Gasteiger partial charge in [-0.25, -0.2) is 4.98 Å². The Hall–Kier alpha value is -0.790. The number of nitrogens with zero attached hydrogens (tertiary/aromatic N) is 1. The second-order valence-electron chi connectivity index (χ2n) is 2.44. The maximum absolute atomic E-state index is 5.94. The third kappa shape index (κ3) is 1.15. The molecule has 1 aromatic heterocycles. The Morgan fingerprint density at radius 1 is 1.08 bits per heavy atom. The maximum Gasteiger partial charge on any atom is 0.138 e. The summed E-state index contributed by atoms with van der Waals surface area (Å²) in [7, 11) is 0. The van der Waals surface area contributed by atoms with Crippen LogP contribution in [0.5, 0.6) is 0 Å². The maximum atomic E-state index is 5.94. The third-order valence-electron chi connectivity index (χ3n) is 1.69. The van der Waals surface area contributed by atoms with Gasteiger partial charge in [-0.05, 0) is 17.5 Å². The highest BCUT2D eigenvalue weighted by Crippen LogP contribution is 2.27. The molecule has 0 N–H and O–H groups in total. The average molecular weight is 198 g/mol. The fourth-order valence-electron chi connectivity index (χ4n) is 1.14. The van der Waals surface area contributed by atoms with Gasteiger partial charge in [-0.1, -0.05) is 35.3 Å². The summed E-state index contributed by atoms with van der Waals surface area (Å²) in [5.74, 6) is 0. The van der Waals surface area contributed by atoms with Gasteiger partial charge in [0.2, 0.25) is 0 Å². The van der Waals surface area contributed by atoms with Crippen LogP contribution in [-0.4, -0.2) is 4.98 Å². The molecular formula is C9H5Cl2N. The van der Waals surface area contributed by atoms with Crippen molar-refractivity contribution < 1.29 is 0 Å². The normalized spacial score (nSPS) is 10.5. The van der Waals surface area contributed by atoms with Gasteiger partial charge in [-0.2, -0.15) is 0 Å². The van der Waals surface area contributed by atoms with Crippen LogP contribution < -0.4 is 0 Å². The number of fused-ring (bicyclic) bond motifs is 1. The smallest absolute Gasteiger partial charge is 0.138 e. The first-order valence-corrected chi connectivity index (χ1v) is 4.23. The van der Waals surface area contributed by atoms with E-state index in [1.807, 2.05) is 18.2 Å². The zero-order valence-corrected chi connectivity index (χ0v) is 7.60. The number of aromatic nitrogens is 1. The summed E-state index contributed by atoms with van der Waals surface area (Å²) in [6.45, 7) is 0. The Kier molecular flexibility index (Phi) is 1.91. The van der Waals surface area contributed by atoms with Crippen molar-refractivity contribution in [2.24, 2.45) is 0 Å². The highest BCUT2D eigenvalue weighted by Gasteiger charge is 2.02. The van der Waals surface area contributed by atoms with E-state index in [4.69, 9.17) is 23.2 Å². The molecule has 1 heterocycles. The van der Waals surface area contributed by atoms with Crippen molar-refractivity contribution in [1.29, 1.82) is 0 Å². The van der Waals surface area contributed by atoms with Crippen LogP contribution in [0, 0.1) is 0 Å². The van der Waals surface area contributed by atoms with E-state index in [1.54, 1.807) is 12.3 Å². The molecule has 1 nitrogen and oxygen atoms in total. The fraction of sp³-hybridized carbons (Fsp3) is 0. The van der Waals surface area contributed by atoms with E-state index in [2.05, 4.69) is 4.98 Å². The molecule has 0 amide bonds. The van der Waals surface area contributed by atoms with Crippen molar-refractivity contribution in [2.45, 2.75) is 0 Å². The van der Waals surface area contributed by atoms with Gasteiger partial charge in [0.05, 0.1) is 5.02 Å². The molecule has 0 saturated carbocycles. The molecule has 1 aromatic carbocycles. The molecule has 0 atom stereocenters. The zero-order chi connectivity index (χ0) is 8.55. The van der Waals surface area contributed by atoms with E-state index >= 15 is 0 Å². The van der Waals surface area contributed by atoms with Gasteiger partial charge in [0.1, 0.15) is 5.15 Å². The van der Waals surface area contributed by atoms with Crippen LogP contribution in [0.4, 0.5) is 0 Å². The SMILES string of the molecule is Clc1cccc2ccnc(Cl)c12. The number of rotatable bonds is 0. The van der Waals surface area contributed by atoms with Crippen LogP contribution >= 0.6 is 23.2 Å². The molecule has 0 spiro atoms. The number of hydrogen-bond donors (Lipinski definition) is 0. The zero-order valence-electron chi connectivity index (χ0n) is 6.09. The second-order valence-corrected chi connectivity index (χ2v) is 3.20. The molecule has 0 bridgehead atoms. The summed E-state index contributed by atoms with van der Waals surface area (Å²) >= 11 is 11.8. The van der Waals surface area contributed by atoms with E-state index in [-0.39, 0.29) is 0 Å². The van der Waals surface area contributed by atoms with E-state index in [9.17, 15) is 0 Å². The minimum Gasteiger partial charge on any atom is -0.244 e. The van der Waals surface area contributed by atoms with Crippen molar-refractivity contribution in [3.8, 4) is 0 Å². The van der Waals surface area contributed by atoms with Crippen LogP contribution in [0.25, 0.3) is 10.8 Å². The Morgan fingerprint density at radius 2 is 1.92 bits per heavy atom. The highest BCUT2D eigenvalue weighted by molar-refractivity contribution is 6.41. The molecule has 0 saturated heterocycles. The van der Waals surface area contributed by atoms with Crippen LogP contribution in [0.15, 0.2) is 30.5 Å². The highest BCUT2D eigenvalue weighted by atomic mass is 35.5. The Morgan fingerprint density at radius 3 is 2.67 bits per heavy atom. The van der Waals surface area contributed by atoms with Crippen LogP contribution in [0.1, 0.15) is 0 Å². The predicted molar refractivity (Wildman–Crippen MR) is 51.8 cm³/mol. The summed E-state index contributed by atoms with van der Waals surface area (Å²) in [5.41, 5.74) is 0. The summed E-state index contributed by atoms with van der Waals surface area (Å²) in [4.78, 5) is 3.95. The van der Waals surface area contributed by atoms with Gasteiger partial charge >= 0.3 is 0 Å². The molecule has 0 fully saturated rings. The number of pyridine rings is 1. The van der Waals surface area contributed by atoms with E-state index in [1.165, 1.54) is 0 Å². The molecular weight excluding hydrogens is 193 g/mol. The van der Waals surface area contributed by atoms with Gasteiger partial charge in [-0.3, -0.25) is 0 Å². The first-order valence-electron chi connectivity index (χ1n) is 3.48. The first kappa shape index (κ1) is 7.84. The van der Waals surface area contributed by atoms with E-state index in [0.717, 1.165) is 10.8 Å². The third-order valence-corrected chi connectivity index (χ3v) is 2.30. The average Bonchev–Trinajstić information content (AvgIpc) is 2.04. The second kappa shape index (κ2) is 2.92.